The van der Waals surface area contributed by atoms with Crippen molar-refractivity contribution in [2.75, 3.05) is 0 Å². The van der Waals surface area contributed by atoms with Crippen LogP contribution in [0.2, 0.25) is 0 Å². The number of carboxylic acids is 1. The number of hydrogen-bond donors (Lipinski definition) is 1. The molecule has 0 atom stereocenters. The second-order valence-electron chi connectivity index (χ2n) is 5.11. The van der Waals surface area contributed by atoms with E-state index in [1.807, 2.05) is 31.2 Å². The average molecular weight is 303 g/mol. The third-order valence-corrected chi connectivity index (χ3v) is 3.61. The zero-order valence-corrected chi connectivity index (χ0v) is 12.4. The molecule has 0 saturated heterocycles. The number of nitriles is 1. The van der Waals surface area contributed by atoms with E-state index in [2.05, 4.69) is 11.2 Å². The van der Waals surface area contributed by atoms with Gasteiger partial charge in [0.15, 0.2) is 0 Å². The van der Waals surface area contributed by atoms with Crippen molar-refractivity contribution < 1.29 is 9.90 Å². The lowest BCUT2D eigenvalue weighted by atomic mass is 10.0. The topological polar surface area (TPSA) is 78.9 Å². The van der Waals surface area contributed by atoms with Crippen molar-refractivity contribution in [3.63, 3.8) is 0 Å². The van der Waals surface area contributed by atoms with Crippen molar-refractivity contribution in [1.29, 1.82) is 5.26 Å². The Labute approximate surface area is 133 Å². The maximum absolute atomic E-state index is 10.9. The minimum atomic E-state index is -0.977. The summed E-state index contributed by atoms with van der Waals surface area (Å²) in [6.45, 7) is 1.97. The Morgan fingerprint density at radius 1 is 1.17 bits per heavy atom. The molecule has 112 valence electrons. The molecule has 0 amide bonds. The predicted octanol–water partition coefficient (Wildman–Crippen LogP) is 3.42. The molecule has 1 aromatic heterocycles. The van der Waals surface area contributed by atoms with Crippen LogP contribution >= 0.6 is 0 Å². The van der Waals surface area contributed by atoms with Gasteiger partial charge in [-0.25, -0.2) is 9.48 Å². The van der Waals surface area contributed by atoms with Gasteiger partial charge in [-0.3, -0.25) is 0 Å². The number of aromatic carboxylic acids is 1. The van der Waals surface area contributed by atoms with Crippen molar-refractivity contribution in [3.05, 3.63) is 71.4 Å². The summed E-state index contributed by atoms with van der Waals surface area (Å²) in [4.78, 5) is 10.9. The van der Waals surface area contributed by atoms with E-state index in [-0.39, 0.29) is 5.56 Å². The molecule has 0 aliphatic rings. The molecule has 0 unspecified atom stereocenters. The SMILES string of the molecule is Cc1ccccc1-c1nn(-c2ccc(C(=O)O)cc2)cc1C#N. The molecule has 0 aliphatic heterocycles. The second-order valence-corrected chi connectivity index (χ2v) is 5.11. The fourth-order valence-electron chi connectivity index (χ4n) is 2.38. The van der Waals surface area contributed by atoms with Gasteiger partial charge >= 0.3 is 5.97 Å². The summed E-state index contributed by atoms with van der Waals surface area (Å²) in [5.41, 5.74) is 3.95. The Morgan fingerprint density at radius 3 is 2.48 bits per heavy atom. The monoisotopic (exact) mass is 303 g/mol. The van der Waals surface area contributed by atoms with Gasteiger partial charge in [-0.2, -0.15) is 10.4 Å². The number of carboxylic acid groups (broad SMARTS) is 1. The maximum atomic E-state index is 10.9. The van der Waals surface area contributed by atoms with Gasteiger partial charge in [0.2, 0.25) is 0 Å². The van der Waals surface area contributed by atoms with Crippen molar-refractivity contribution in [1.82, 2.24) is 9.78 Å². The van der Waals surface area contributed by atoms with E-state index in [9.17, 15) is 10.1 Å². The van der Waals surface area contributed by atoms with Crippen LogP contribution in [0.4, 0.5) is 0 Å². The van der Waals surface area contributed by atoms with Crippen molar-refractivity contribution in [3.8, 4) is 23.0 Å². The summed E-state index contributed by atoms with van der Waals surface area (Å²) < 4.78 is 1.59. The van der Waals surface area contributed by atoms with Gasteiger partial charge in [-0.05, 0) is 36.8 Å². The van der Waals surface area contributed by atoms with Crippen LogP contribution in [0.1, 0.15) is 21.5 Å². The zero-order valence-electron chi connectivity index (χ0n) is 12.4. The summed E-state index contributed by atoms with van der Waals surface area (Å²) in [7, 11) is 0. The van der Waals surface area contributed by atoms with Crippen molar-refractivity contribution >= 4 is 5.97 Å². The van der Waals surface area contributed by atoms with Gasteiger partial charge in [0.1, 0.15) is 11.8 Å². The number of carbonyl (C=O) groups is 1. The molecule has 5 nitrogen and oxygen atoms in total. The molecule has 2 aromatic carbocycles. The van der Waals surface area contributed by atoms with Gasteiger partial charge in [-0.15, -0.1) is 0 Å². The Balaban J connectivity index is 2.08. The van der Waals surface area contributed by atoms with Crippen molar-refractivity contribution in [2.24, 2.45) is 0 Å². The summed E-state index contributed by atoms with van der Waals surface area (Å²) >= 11 is 0. The molecule has 3 aromatic rings. The first-order valence-electron chi connectivity index (χ1n) is 6.99. The maximum Gasteiger partial charge on any atom is 0.335 e. The molecule has 5 heteroatoms. The fraction of sp³-hybridized carbons (Fsp3) is 0.0556. The average Bonchev–Trinajstić information content (AvgIpc) is 2.99. The van der Waals surface area contributed by atoms with E-state index >= 15 is 0 Å². The summed E-state index contributed by atoms with van der Waals surface area (Å²) in [5.74, 6) is -0.977. The Morgan fingerprint density at radius 2 is 1.87 bits per heavy atom. The molecule has 23 heavy (non-hydrogen) atoms. The largest absolute Gasteiger partial charge is 0.478 e. The van der Waals surface area contributed by atoms with E-state index in [4.69, 9.17) is 5.11 Å². The molecule has 0 spiro atoms. The van der Waals surface area contributed by atoms with Crippen LogP contribution in [0.3, 0.4) is 0 Å². The van der Waals surface area contributed by atoms with Gasteiger partial charge < -0.3 is 5.11 Å². The molecular formula is C18H13N3O2. The van der Waals surface area contributed by atoms with Crippen LogP contribution in [0.15, 0.2) is 54.7 Å². The molecule has 3 rings (SSSR count). The lowest BCUT2D eigenvalue weighted by molar-refractivity contribution is 0.0697. The van der Waals surface area contributed by atoms with Gasteiger partial charge in [0.25, 0.3) is 0 Å². The number of nitrogens with zero attached hydrogens (tertiary/aromatic N) is 3. The van der Waals surface area contributed by atoms with Crippen LogP contribution in [0, 0.1) is 18.3 Å². The summed E-state index contributed by atoms with van der Waals surface area (Å²) in [6.07, 6.45) is 1.65. The number of rotatable bonds is 3. The lowest BCUT2D eigenvalue weighted by Gasteiger charge is -2.03. The van der Waals surface area contributed by atoms with Crippen molar-refractivity contribution in [2.45, 2.75) is 6.92 Å². The third-order valence-electron chi connectivity index (χ3n) is 3.61. The molecule has 1 heterocycles. The minimum Gasteiger partial charge on any atom is -0.478 e. The highest BCUT2D eigenvalue weighted by Gasteiger charge is 2.13. The first kappa shape index (κ1) is 14.5. The molecule has 0 aliphatic carbocycles. The normalized spacial score (nSPS) is 10.3. The van der Waals surface area contributed by atoms with E-state index in [0.717, 1.165) is 11.1 Å². The second kappa shape index (κ2) is 5.78. The van der Waals surface area contributed by atoms with Crippen LogP contribution in [-0.2, 0) is 0 Å². The smallest absolute Gasteiger partial charge is 0.335 e. The number of aryl methyl sites for hydroxylation is 1. The quantitative estimate of drug-likeness (QED) is 0.804. The lowest BCUT2D eigenvalue weighted by Crippen LogP contribution is -1.99. The fourth-order valence-corrected chi connectivity index (χ4v) is 2.38. The van der Waals surface area contributed by atoms with Gasteiger partial charge in [0.05, 0.1) is 16.8 Å². The van der Waals surface area contributed by atoms with E-state index < -0.39 is 5.97 Å². The van der Waals surface area contributed by atoms with E-state index in [0.29, 0.717) is 16.9 Å². The van der Waals surface area contributed by atoms with Crippen LogP contribution in [-0.4, -0.2) is 20.9 Å². The number of aromatic nitrogens is 2. The van der Waals surface area contributed by atoms with Gasteiger partial charge in [-0.1, -0.05) is 24.3 Å². The van der Waals surface area contributed by atoms with Crippen LogP contribution in [0.25, 0.3) is 16.9 Å². The van der Waals surface area contributed by atoms with Gasteiger partial charge in [0, 0.05) is 11.8 Å². The van der Waals surface area contributed by atoms with E-state index in [1.165, 1.54) is 12.1 Å². The third kappa shape index (κ3) is 2.70. The van der Waals surface area contributed by atoms with Crippen LogP contribution < -0.4 is 0 Å². The van der Waals surface area contributed by atoms with E-state index in [1.54, 1.807) is 23.0 Å². The molecule has 0 saturated carbocycles. The predicted molar refractivity (Wildman–Crippen MR) is 85.4 cm³/mol. The minimum absolute atomic E-state index is 0.209. The zero-order chi connectivity index (χ0) is 16.4. The summed E-state index contributed by atoms with van der Waals surface area (Å²) in [6, 6.07) is 16.3. The highest BCUT2D eigenvalue weighted by molar-refractivity contribution is 5.87. The standard InChI is InChI=1S/C18H13N3O2/c1-12-4-2-3-5-16(12)17-14(10-19)11-21(20-17)15-8-6-13(7-9-15)18(22)23/h2-9,11H,1H3,(H,22,23). The molecule has 0 fully saturated rings. The molecule has 1 N–H and O–H groups in total. The number of benzene rings is 2. The first-order chi connectivity index (χ1) is 11.1. The Hall–Kier alpha value is -3.39. The Kier molecular flexibility index (Phi) is 3.65. The summed E-state index contributed by atoms with van der Waals surface area (Å²) in [5, 5.41) is 22.8. The van der Waals surface area contributed by atoms with Crippen LogP contribution in [0.5, 0.6) is 0 Å². The molecule has 0 radical (unpaired) electrons. The molecular weight excluding hydrogens is 290 g/mol. The molecule has 0 bridgehead atoms. The highest BCUT2D eigenvalue weighted by atomic mass is 16.4. The number of hydrogen-bond acceptors (Lipinski definition) is 3. The first-order valence-corrected chi connectivity index (χ1v) is 6.99. The Bertz CT molecular complexity index is 918. The highest BCUT2D eigenvalue weighted by Crippen LogP contribution is 2.26.